The Morgan fingerprint density at radius 2 is 1.50 bits per heavy atom. The zero-order chi connectivity index (χ0) is 33.9. The van der Waals surface area contributed by atoms with E-state index in [4.69, 9.17) is 27.9 Å². The number of imide groups is 2. The number of phenols is 1. The minimum atomic E-state index is -5.24. The molecule has 1 saturated carbocycles. The lowest BCUT2D eigenvalue weighted by Gasteiger charge is -2.50. The quantitative estimate of drug-likeness (QED) is 0.194. The van der Waals surface area contributed by atoms with Gasteiger partial charge in [-0.3, -0.25) is 24.1 Å². The zero-order valence-corrected chi connectivity index (χ0v) is 25.2. The van der Waals surface area contributed by atoms with Crippen LogP contribution in [0.25, 0.3) is 0 Å². The Morgan fingerprint density at radius 1 is 0.891 bits per heavy atom. The summed E-state index contributed by atoms with van der Waals surface area (Å²) in [5.41, 5.74) is -4.11. The van der Waals surface area contributed by atoms with E-state index in [0.29, 0.717) is 4.90 Å². The van der Waals surface area contributed by atoms with Gasteiger partial charge in [0.2, 0.25) is 11.8 Å². The maximum absolute atomic E-state index is 14.0. The number of phenolic OH excluding ortho intramolecular Hbond substituents is 1. The lowest BCUT2D eigenvalue weighted by Crippen LogP contribution is -2.60. The lowest BCUT2D eigenvalue weighted by atomic mass is 9.56. The largest absolute Gasteiger partial charge is 0.508 e. The lowest BCUT2D eigenvalue weighted by molar-refractivity contribution is -0.143. The fourth-order valence-corrected chi connectivity index (χ4v) is 8.31. The van der Waals surface area contributed by atoms with Gasteiger partial charge in [0, 0.05) is 18.5 Å². The standard InChI is InChI=1S/C30H22Cl2F6N2O6/c1-39-25(44)27(31)11-19-16(22(28(27,32)26(39)45)18-10-15(46-2)3-6-20(18)41)4-5-17-21(19)24(43)40(23(17)42)14-8-12(29(33,34)35)7-13(9-14)30(36,37)38/h3-4,6-10,17,19,21-22,41H,5,11H2,1-2H3. The Bertz CT molecular complexity index is 1730. The number of carbonyl (C=O) groups is 4. The zero-order valence-electron chi connectivity index (χ0n) is 23.7. The fourth-order valence-electron chi connectivity index (χ4n) is 7.30. The van der Waals surface area contributed by atoms with Gasteiger partial charge < -0.3 is 9.84 Å². The van der Waals surface area contributed by atoms with E-state index in [1.165, 1.54) is 31.4 Å². The normalized spacial score (nSPS) is 31.1. The van der Waals surface area contributed by atoms with Crippen molar-refractivity contribution in [2.75, 3.05) is 19.1 Å². The number of allylic oxidation sites excluding steroid dienone is 2. The van der Waals surface area contributed by atoms with Crippen molar-refractivity contribution < 1.29 is 55.4 Å². The van der Waals surface area contributed by atoms with Crippen molar-refractivity contribution in [3.05, 3.63) is 64.7 Å². The minimum Gasteiger partial charge on any atom is -0.508 e. The first-order valence-corrected chi connectivity index (χ1v) is 14.5. The van der Waals surface area contributed by atoms with Crippen LogP contribution in [0.2, 0.25) is 0 Å². The molecule has 6 rings (SSSR count). The van der Waals surface area contributed by atoms with Gasteiger partial charge in [-0.2, -0.15) is 26.3 Å². The average molecular weight is 691 g/mol. The highest BCUT2D eigenvalue weighted by molar-refractivity contribution is 6.53. The maximum Gasteiger partial charge on any atom is 0.416 e. The Kier molecular flexibility index (Phi) is 7.07. The molecule has 0 spiro atoms. The monoisotopic (exact) mass is 690 g/mol. The second-order valence-corrected chi connectivity index (χ2v) is 12.9. The Labute approximate surface area is 266 Å². The van der Waals surface area contributed by atoms with Crippen molar-refractivity contribution in [2.24, 2.45) is 17.8 Å². The number of fused-ring (bicyclic) bond motifs is 4. The molecule has 2 saturated heterocycles. The van der Waals surface area contributed by atoms with Gasteiger partial charge >= 0.3 is 12.4 Å². The average Bonchev–Trinajstić information content (AvgIpc) is 3.31. The number of aromatic hydroxyl groups is 1. The van der Waals surface area contributed by atoms with Crippen LogP contribution in [-0.4, -0.2) is 57.5 Å². The van der Waals surface area contributed by atoms with E-state index in [1.807, 2.05) is 0 Å². The van der Waals surface area contributed by atoms with E-state index >= 15 is 0 Å². The van der Waals surface area contributed by atoms with Crippen LogP contribution in [-0.2, 0) is 31.5 Å². The molecule has 244 valence electrons. The number of hydrogen-bond donors (Lipinski definition) is 1. The van der Waals surface area contributed by atoms with Crippen LogP contribution < -0.4 is 9.64 Å². The SMILES string of the molecule is COc1ccc(O)c(C2C3=CCC4C(=O)N(c5cc(C(F)(F)F)cc(C(F)(F)F)c5)C(=O)C4C3CC3(Cl)C(=O)N(C)C(=O)C23Cl)c1. The molecule has 2 heterocycles. The van der Waals surface area contributed by atoms with Gasteiger partial charge in [-0.25, -0.2) is 4.90 Å². The van der Waals surface area contributed by atoms with Gasteiger partial charge in [-0.1, -0.05) is 11.6 Å². The van der Waals surface area contributed by atoms with E-state index in [-0.39, 0.29) is 47.3 Å². The van der Waals surface area contributed by atoms with Crippen LogP contribution in [0.15, 0.2) is 48.0 Å². The van der Waals surface area contributed by atoms with Crippen molar-refractivity contribution in [1.29, 1.82) is 0 Å². The van der Waals surface area contributed by atoms with Gasteiger partial charge in [0.25, 0.3) is 11.8 Å². The Balaban J connectivity index is 1.52. The molecule has 6 unspecified atom stereocenters. The van der Waals surface area contributed by atoms with Gasteiger partial charge in [0.1, 0.15) is 11.5 Å². The van der Waals surface area contributed by atoms with Gasteiger partial charge in [0.15, 0.2) is 9.75 Å². The maximum atomic E-state index is 14.0. The highest BCUT2D eigenvalue weighted by Crippen LogP contribution is 2.66. The number of anilines is 1. The predicted octanol–water partition coefficient (Wildman–Crippen LogP) is 5.63. The number of hydrogen-bond acceptors (Lipinski definition) is 6. The smallest absolute Gasteiger partial charge is 0.416 e. The summed E-state index contributed by atoms with van der Waals surface area (Å²) < 4.78 is 87.1. The molecule has 46 heavy (non-hydrogen) atoms. The Morgan fingerprint density at radius 3 is 2.07 bits per heavy atom. The molecule has 2 aliphatic heterocycles. The summed E-state index contributed by atoms with van der Waals surface area (Å²) in [4.78, 5) is 51.4. The molecule has 0 bridgehead atoms. The molecule has 2 aliphatic carbocycles. The van der Waals surface area contributed by atoms with E-state index in [1.54, 1.807) is 0 Å². The summed E-state index contributed by atoms with van der Waals surface area (Å²) >= 11 is 14.1. The van der Waals surface area contributed by atoms with Crippen molar-refractivity contribution in [3.63, 3.8) is 0 Å². The molecular formula is C30H22Cl2F6N2O6. The van der Waals surface area contributed by atoms with Crippen LogP contribution in [0, 0.1) is 17.8 Å². The first-order chi connectivity index (χ1) is 21.3. The van der Waals surface area contributed by atoms with E-state index in [9.17, 15) is 50.6 Å². The predicted molar refractivity (Wildman–Crippen MR) is 149 cm³/mol. The number of nitrogens with zero attached hydrogens (tertiary/aromatic N) is 2. The molecule has 4 aliphatic rings. The molecule has 2 aromatic carbocycles. The number of halogens is 8. The molecule has 0 radical (unpaired) electrons. The van der Waals surface area contributed by atoms with E-state index in [0.717, 1.165) is 11.9 Å². The van der Waals surface area contributed by atoms with Crippen LogP contribution in [0.1, 0.15) is 35.4 Å². The van der Waals surface area contributed by atoms with Crippen molar-refractivity contribution in [2.45, 2.75) is 40.9 Å². The number of methoxy groups -OCH3 is 1. The molecule has 1 N–H and O–H groups in total. The number of alkyl halides is 8. The van der Waals surface area contributed by atoms with Crippen molar-refractivity contribution >= 4 is 52.5 Å². The number of benzene rings is 2. The van der Waals surface area contributed by atoms with Crippen molar-refractivity contribution in [3.8, 4) is 11.5 Å². The van der Waals surface area contributed by atoms with Crippen LogP contribution in [0.5, 0.6) is 11.5 Å². The topological polar surface area (TPSA) is 104 Å². The minimum absolute atomic E-state index is 0.00607. The third-order valence-corrected chi connectivity index (χ3v) is 10.8. The molecule has 4 amide bonds. The number of carbonyl (C=O) groups excluding carboxylic acids is 4. The number of rotatable bonds is 3. The van der Waals surface area contributed by atoms with Gasteiger partial charge in [-0.15, -0.1) is 23.2 Å². The van der Waals surface area contributed by atoms with Crippen LogP contribution in [0.4, 0.5) is 32.0 Å². The van der Waals surface area contributed by atoms with Gasteiger partial charge in [-0.05, 0) is 55.2 Å². The molecule has 16 heteroatoms. The second-order valence-electron chi connectivity index (χ2n) is 11.7. The number of amides is 4. The first kappa shape index (κ1) is 32.2. The summed E-state index contributed by atoms with van der Waals surface area (Å²) in [6, 6.07) is 4.48. The molecule has 8 nitrogen and oxygen atoms in total. The summed E-state index contributed by atoms with van der Waals surface area (Å²) in [5, 5.41) is 11.0. The van der Waals surface area contributed by atoms with Gasteiger partial charge in [0.05, 0.1) is 35.8 Å². The molecular weight excluding hydrogens is 669 g/mol. The molecule has 2 aromatic rings. The van der Waals surface area contributed by atoms with E-state index in [2.05, 4.69) is 0 Å². The third-order valence-electron chi connectivity index (χ3n) is 9.39. The number of ether oxygens (including phenoxy) is 1. The van der Waals surface area contributed by atoms with Crippen LogP contribution in [0.3, 0.4) is 0 Å². The fraction of sp³-hybridized carbons (Fsp3) is 0.400. The Hall–Kier alpha value is -3.78. The highest BCUT2D eigenvalue weighted by Gasteiger charge is 2.76. The third kappa shape index (κ3) is 4.28. The summed E-state index contributed by atoms with van der Waals surface area (Å²) in [7, 11) is 2.48. The highest BCUT2D eigenvalue weighted by atomic mass is 35.5. The summed E-state index contributed by atoms with van der Waals surface area (Å²) in [5.74, 6) is -9.31. The van der Waals surface area contributed by atoms with Crippen LogP contribution >= 0.6 is 23.2 Å². The van der Waals surface area contributed by atoms with Crippen molar-refractivity contribution in [1.82, 2.24) is 4.90 Å². The summed E-state index contributed by atoms with van der Waals surface area (Å²) in [6.07, 6.45) is -9.69. The molecule has 0 aromatic heterocycles. The van der Waals surface area contributed by atoms with E-state index < -0.39 is 92.6 Å². The first-order valence-electron chi connectivity index (χ1n) is 13.7. The molecule has 3 fully saturated rings. The summed E-state index contributed by atoms with van der Waals surface area (Å²) in [6.45, 7) is 0. The molecule has 6 atom stereocenters. The number of likely N-dealkylation sites (tertiary alicyclic amines) is 1. The second kappa shape index (κ2) is 10.1.